The normalized spacial score (nSPS) is 19.1. The number of nitrogens with zero attached hydrogens (tertiary/aromatic N) is 1. The standard InChI is InChI=1S/C22H39N5O5/c1-6-8-10-14(16(28)19(30)24-12-7-2)25-18(29)15-11-9-13-27(15)20(31)17(22(3,4)5)26-21(23)32/h7,14-15,17,21,26,32H,2,6,8-13,23H2,1,3-5H3,(H,24,30)(H,25,29)/t14?,15-,17+,21?/m0/s1. The molecule has 1 heterocycles. The quantitative estimate of drug-likeness (QED) is 0.155. The van der Waals surface area contributed by atoms with E-state index in [1.807, 2.05) is 27.7 Å². The Bertz CT molecular complexity index is 689. The maximum Gasteiger partial charge on any atom is 0.289 e. The number of unbranched alkanes of at least 4 members (excludes halogenated alkanes) is 1. The van der Waals surface area contributed by atoms with Gasteiger partial charge in [-0.1, -0.05) is 46.6 Å². The highest BCUT2D eigenvalue weighted by molar-refractivity contribution is 6.38. The fourth-order valence-electron chi connectivity index (χ4n) is 3.69. The molecule has 10 heteroatoms. The Morgan fingerprint density at radius 2 is 1.94 bits per heavy atom. The van der Waals surface area contributed by atoms with Crippen LogP contribution < -0.4 is 21.7 Å². The molecule has 1 rings (SSSR count). The van der Waals surface area contributed by atoms with E-state index in [4.69, 9.17) is 5.73 Å². The fourth-order valence-corrected chi connectivity index (χ4v) is 3.69. The molecule has 4 atom stereocenters. The first kappa shape index (κ1) is 27.7. The molecule has 182 valence electrons. The molecule has 1 aliphatic rings. The summed E-state index contributed by atoms with van der Waals surface area (Å²) in [6.07, 6.45) is 2.92. The van der Waals surface area contributed by atoms with E-state index in [0.29, 0.717) is 32.2 Å². The average molecular weight is 454 g/mol. The number of nitrogens with one attached hydrogen (secondary N) is 3. The molecule has 1 saturated heterocycles. The summed E-state index contributed by atoms with van der Waals surface area (Å²) in [5.74, 6) is -2.31. The molecule has 10 nitrogen and oxygen atoms in total. The third-order valence-corrected chi connectivity index (χ3v) is 5.40. The van der Waals surface area contributed by atoms with Crippen LogP contribution in [0.25, 0.3) is 0 Å². The summed E-state index contributed by atoms with van der Waals surface area (Å²) in [6.45, 7) is 11.5. The van der Waals surface area contributed by atoms with Crippen molar-refractivity contribution in [2.75, 3.05) is 13.1 Å². The van der Waals surface area contributed by atoms with Crippen molar-refractivity contribution in [2.45, 2.75) is 84.3 Å². The van der Waals surface area contributed by atoms with E-state index >= 15 is 0 Å². The van der Waals surface area contributed by atoms with Gasteiger partial charge in [0.05, 0.1) is 12.1 Å². The van der Waals surface area contributed by atoms with Crippen molar-refractivity contribution >= 4 is 23.5 Å². The number of Topliss-reactive ketones (excluding diaryl/α,β-unsaturated/α-hetero) is 1. The van der Waals surface area contributed by atoms with E-state index < -0.39 is 47.5 Å². The van der Waals surface area contributed by atoms with Crippen LogP contribution in [0.3, 0.4) is 0 Å². The summed E-state index contributed by atoms with van der Waals surface area (Å²) >= 11 is 0. The van der Waals surface area contributed by atoms with Crippen LogP contribution in [-0.2, 0) is 19.2 Å². The van der Waals surface area contributed by atoms with Crippen molar-refractivity contribution < 1.29 is 24.3 Å². The zero-order chi connectivity index (χ0) is 24.5. The van der Waals surface area contributed by atoms with Gasteiger partial charge in [0.2, 0.25) is 17.6 Å². The first-order chi connectivity index (χ1) is 14.9. The van der Waals surface area contributed by atoms with Crippen molar-refractivity contribution in [1.82, 2.24) is 20.9 Å². The third-order valence-electron chi connectivity index (χ3n) is 5.40. The van der Waals surface area contributed by atoms with Crippen LogP contribution in [0.15, 0.2) is 12.7 Å². The van der Waals surface area contributed by atoms with Gasteiger partial charge in [-0.05, 0) is 24.7 Å². The van der Waals surface area contributed by atoms with Crippen LogP contribution in [0.4, 0.5) is 0 Å². The second-order valence-electron chi connectivity index (χ2n) is 9.17. The number of likely N-dealkylation sites (tertiary alicyclic amines) is 1. The minimum Gasteiger partial charge on any atom is -0.366 e. The van der Waals surface area contributed by atoms with Crippen LogP contribution in [0.1, 0.15) is 59.8 Å². The highest BCUT2D eigenvalue weighted by Gasteiger charge is 2.42. The molecular weight excluding hydrogens is 414 g/mol. The summed E-state index contributed by atoms with van der Waals surface area (Å²) < 4.78 is 0. The lowest BCUT2D eigenvalue weighted by atomic mass is 9.85. The minimum absolute atomic E-state index is 0.151. The Morgan fingerprint density at radius 1 is 1.28 bits per heavy atom. The number of carbonyl (C=O) groups is 4. The van der Waals surface area contributed by atoms with Crippen molar-refractivity contribution in [3.8, 4) is 0 Å². The number of carbonyl (C=O) groups excluding carboxylic acids is 4. The Balaban J connectivity index is 2.99. The van der Waals surface area contributed by atoms with Gasteiger partial charge in [-0.2, -0.15) is 0 Å². The highest BCUT2D eigenvalue weighted by Crippen LogP contribution is 2.26. The van der Waals surface area contributed by atoms with Crippen LogP contribution in [-0.4, -0.2) is 71.1 Å². The van der Waals surface area contributed by atoms with E-state index in [0.717, 1.165) is 6.42 Å². The van der Waals surface area contributed by atoms with Crippen LogP contribution >= 0.6 is 0 Å². The first-order valence-electron chi connectivity index (χ1n) is 11.2. The van der Waals surface area contributed by atoms with Gasteiger partial charge in [-0.3, -0.25) is 30.2 Å². The Labute approximate surface area is 190 Å². The molecule has 0 aromatic carbocycles. The van der Waals surface area contributed by atoms with Crippen molar-refractivity contribution in [1.29, 1.82) is 0 Å². The lowest BCUT2D eigenvalue weighted by molar-refractivity contribution is -0.144. The largest absolute Gasteiger partial charge is 0.366 e. The maximum atomic E-state index is 13.2. The summed E-state index contributed by atoms with van der Waals surface area (Å²) in [7, 11) is 0. The number of amides is 3. The average Bonchev–Trinajstić information content (AvgIpc) is 3.21. The number of hydrogen-bond acceptors (Lipinski definition) is 7. The van der Waals surface area contributed by atoms with Crippen LogP contribution in [0.5, 0.6) is 0 Å². The molecule has 0 saturated carbocycles. The molecule has 0 aromatic rings. The third kappa shape index (κ3) is 7.99. The molecule has 1 fully saturated rings. The molecule has 3 amide bonds. The smallest absolute Gasteiger partial charge is 0.289 e. The molecular formula is C22H39N5O5. The Kier molecular flexibility index (Phi) is 11.0. The van der Waals surface area contributed by atoms with Crippen LogP contribution in [0.2, 0.25) is 0 Å². The lowest BCUT2D eigenvalue weighted by Gasteiger charge is -2.36. The van der Waals surface area contributed by atoms with E-state index in [9.17, 15) is 24.3 Å². The SMILES string of the molecule is C=CCNC(=O)C(=O)C(CCCC)NC(=O)[C@@H]1CCCN1C(=O)[C@@H](NC(N)O)C(C)(C)C. The highest BCUT2D eigenvalue weighted by atomic mass is 16.3. The maximum absolute atomic E-state index is 13.2. The molecule has 32 heavy (non-hydrogen) atoms. The van der Waals surface area contributed by atoms with Crippen molar-refractivity contribution in [3.05, 3.63) is 12.7 Å². The molecule has 0 spiro atoms. The van der Waals surface area contributed by atoms with Crippen molar-refractivity contribution in [2.24, 2.45) is 11.1 Å². The summed E-state index contributed by atoms with van der Waals surface area (Å²) in [5.41, 5.74) is 4.88. The molecule has 0 aliphatic carbocycles. The molecule has 2 unspecified atom stereocenters. The van der Waals surface area contributed by atoms with Crippen molar-refractivity contribution in [3.63, 3.8) is 0 Å². The zero-order valence-corrected chi connectivity index (χ0v) is 19.6. The number of nitrogens with two attached hydrogens (primary N) is 1. The topological polar surface area (TPSA) is 154 Å². The number of rotatable bonds is 12. The molecule has 0 aromatic heterocycles. The van der Waals surface area contributed by atoms with Gasteiger partial charge < -0.3 is 20.6 Å². The van der Waals surface area contributed by atoms with Crippen LogP contribution in [0, 0.1) is 5.41 Å². The first-order valence-corrected chi connectivity index (χ1v) is 11.2. The van der Waals surface area contributed by atoms with Gasteiger partial charge in [-0.15, -0.1) is 6.58 Å². The Hall–Kier alpha value is -2.30. The van der Waals surface area contributed by atoms with E-state index in [1.165, 1.54) is 11.0 Å². The Morgan fingerprint density at radius 3 is 2.47 bits per heavy atom. The number of aliphatic hydroxyl groups is 1. The van der Waals surface area contributed by atoms with Gasteiger partial charge in [0.15, 0.2) is 6.35 Å². The molecule has 1 aliphatic heterocycles. The summed E-state index contributed by atoms with van der Waals surface area (Å²) in [5, 5.41) is 17.4. The van der Waals surface area contributed by atoms with Gasteiger partial charge >= 0.3 is 0 Å². The monoisotopic (exact) mass is 453 g/mol. The second-order valence-corrected chi connectivity index (χ2v) is 9.17. The van der Waals surface area contributed by atoms with Gasteiger partial charge in [0, 0.05) is 13.1 Å². The molecule has 0 bridgehead atoms. The van der Waals surface area contributed by atoms with E-state index in [-0.39, 0.29) is 12.5 Å². The number of aliphatic hydroxyl groups excluding tert-OH is 1. The second kappa shape index (κ2) is 12.7. The fraction of sp³-hybridized carbons (Fsp3) is 0.727. The van der Waals surface area contributed by atoms with E-state index in [2.05, 4.69) is 22.5 Å². The van der Waals surface area contributed by atoms with Gasteiger partial charge in [0.1, 0.15) is 6.04 Å². The molecule has 0 radical (unpaired) electrons. The number of ketones is 1. The van der Waals surface area contributed by atoms with Gasteiger partial charge in [-0.25, -0.2) is 0 Å². The lowest BCUT2D eigenvalue weighted by Crippen LogP contribution is -2.60. The summed E-state index contributed by atoms with van der Waals surface area (Å²) in [6, 6.07) is -2.54. The zero-order valence-electron chi connectivity index (χ0n) is 19.6. The van der Waals surface area contributed by atoms with E-state index in [1.54, 1.807) is 0 Å². The molecule has 6 N–H and O–H groups in total. The predicted octanol–water partition coefficient (Wildman–Crippen LogP) is -0.237. The van der Waals surface area contributed by atoms with Gasteiger partial charge in [0.25, 0.3) is 5.91 Å². The minimum atomic E-state index is -1.39. The number of hydrogen-bond donors (Lipinski definition) is 5. The summed E-state index contributed by atoms with van der Waals surface area (Å²) in [4.78, 5) is 52.5. The predicted molar refractivity (Wildman–Crippen MR) is 121 cm³/mol.